The molecule has 0 radical (unpaired) electrons. The number of amides is 2. The molecule has 2 saturated heterocycles. The van der Waals surface area contributed by atoms with Gasteiger partial charge in [0.25, 0.3) is 0 Å². The Morgan fingerprint density at radius 2 is 1.76 bits per heavy atom. The molecule has 2 aromatic heterocycles. The summed E-state index contributed by atoms with van der Waals surface area (Å²) in [6.07, 6.45) is 10.4. The van der Waals surface area contributed by atoms with Gasteiger partial charge in [-0.2, -0.15) is 0 Å². The van der Waals surface area contributed by atoms with Crippen LogP contribution in [0.1, 0.15) is 31.2 Å². The highest BCUT2D eigenvalue weighted by Gasteiger charge is 2.32. The van der Waals surface area contributed by atoms with Crippen LogP contribution in [-0.4, -0.2) is 62.3 Å². The average Bonchev–Trinajstić information content (AvgIpc) is 3.29. The number of nitrogens with zero attached hydrogens (tertiary/aromatic N) is 5. The highest BCUT2D eigenvalue weighted by Crippen LogP contribution is 2.24. The van der Waals surface area contributed by atoms with Crippen molar-refractivity contribution in [2.45, 2.75) is 32.2 Å². The van der Waals surface area contributed by atoms with Gasteiger partial charge in [0.15, 0.2) is 0 Å². The molecule has 0 unspecified atom stereocenters. The molecule has 8 nitrogen and oxygen atoms in total. The van der Waals surface area contributed by atoms with Crippen LogP contribution in [0.5, 0.6) is 0 Å². The quantitative estimate of drug-likeness (QED) is 0.819. The molecule has 0 aliphatic carbocycles. The van der Waals surface area contributed by atoms with Crippen LogP contribution in [0.2, 0.25) is 0 Å². The molecule has 2 fully saturated rings. The van der Waals surface area contributed by atoms with E-state index in [-0.39, 0.29) is 23.7 Å². The predicted octanol–water partition coefficient (Wildman–Crippen LogP) is 1.20. The molecule has 2 aliphatic rings. The number of aromatic nitrogens is 3. The largest absolute Gasteiger partial charge is 0.369 e. The number of hydrogen-bond donors (Lipinski definition) is 1. The van der Waals surface area contributed by atoms with Crippen molar-refractivity contribution in [3.63, 3.8) is 0 Å². The topological polar surface area (TPSA) is 97.3 Å². The smallest absolute Gasteiger partial charge is 0.225 e. The zero-order valence-corrected chi connectivity index (χ0v) is 16.6. The Balaban J connectivity index is 1.24. The van der Waals surface area contributed by atoms with Crippen LogP contribution in [0.4, 0.5) is 0 Å². The molecule has 4 rings (SSSR count). The van der Waals surface area contributed by atoms with Crippen molar-refractivity contribution in [2.75, 3.05) is 26.2 Å². The SMILES string of the molecule is NC(=O)C1CCN(C(=O)C2CCN(Cc3ccc(-n4ccnc4)nc3)CC2)CC1. The van der Waals surface area contributed by atoms with E-state index < -0.39 is 0 Å². The second-order valence-corrected chi connectivity index (χ2v) is 8.05. The Kier molecular flexibility index (Phi) is 5.89. The van der Waals surface area contributed by atoms with Gasteiger partial charge in [0.1, 0.15) is 12.1 Å². The minimum absolute atomic E-state index is 0.0744. The number of primary amides is 1. The monoisotopic (exact) mass is 396 g/mol. The second kappa shape index (κ2) is 8.73. The molecule has 8 heteroatoms. The highest BCUT2D eigenvalue weighted by atomic mass is 16.2. The molecule has 154 valence electrons. The lowest BCUT2D eigenvalue weighted by molar-refractivity contribution is -0.140. The number of pyridine rings is 1. The van der Waals surface area contributed by atoms with Gasteiger partial charge in [-0.3, -0.25) is 19.1 Å². The molecule has 2 amide bonds. The van der Waals surface area contributed by atoms with E-state index in [1.165, 1.54) is 5.56 Å². The van der Waals surface area contributed by atoms with E-state index in [1.54, 1.807) is 12.5 Å². The van der Waals surface area contributed by atoms with Crippen molar-refractivity contribution >= 4 is 11.8 Å². The van der Waals surface area contributed by atoms with Gasteiger partial charge in [-0.15, -0.1) is 0 Å². The van der Waals surface area contributed by atoms with E-state index in [0.29, 0.717) is 25.9 Å². The van der Waals surface area contributed by atoms with Gasteiger partial charge >= 0.3 is 0 Å². The molecule has 0 bridgehead atoms. The van der Waals surface area contributed by atoms with Crippen molar-refractivity contribution in [3.8, 4) is 5.82 Å². The summed E-state index contributed by atoms with van der Waals surface area (Å²) < 4.78 is 1.88. The summed E-state index contributed by atoms with van der Waals surface area (Å²) in [5.41, 5.74) is 6.56. The third-order valence-electron chi connectivity index (χ3n) is 6.13. The van der Waals surface area contributed by atoms with E-state index in [9.17, 15) is 9.59 Å². The maximum absolute atomic E-state index is 12.8. The number of nitrogens with two attached hydrogens (primary N) is 1. The van der Waals surface area contributed by atoms with E-state index in [4.69, 9.17) is 5.73 Å². The summed E-state index contributed by atoms with van der Waals surface area (Å²) >= 11 is 0. The number of rotatable bonds is 5. The van der Waals surface area contributed by atoms with Crippen molar-refractivity contribution in [3.05, 3.63) is 42.6 Å². The lowest BCUT2D eigenvalue weighted by atomic mass is 9.91. The van der Waals surface area contributed by atoms with Crippen LogP contribution in [0.25, 0.3) is 5.82 Å². The molecule has 2 aliphatic heterocycles. The molecule has 4 heterocycles. The first-order valence-electron chi connectivity index (χ1n) is 10.3. The van der Waals surface area contributed by atoms with Gasteiger partial charge in [-0.05, 0) is 50.4 Å². The fourth-order valence-corrected chi connectivity index (χ4v) is 4.30. The molecule has 2 N–H and O–H groups in total. The molecular weight excluding hydrogens is 368 g/mol. The summed E-state index contributed by atoms with van der Waals surface area (Å²) in [4.78, 5) is 37.0. The van der Waals surface area contributed by atoms with Crippen LogP contribution in [-0.2, 0) is 16.1 Å². The molecule has 0 saturated carbocycles. The summed E-state index contributed by atoms with van der Waals surface area (Å²) in [6.45, 7) is 3.99. The zero-order valence-electron chi connectivity index (χ0n) is 16.6. The van der Waals surface area contributed by atoms with Gasteiger partial charge < -0.3 is 10.6 Å². The summed E-state index contributed by atoms with van der Waals surface area (Å²) in [6, 6.07) is 4.10. The normalized spacial score (nSPS) is 19.4. The van der Waals surface area contributed by atoms with Gasteiger partial charge in [-0.25, -0.2) is 9.97 Å². The summed E-state index contributed by atoms with van der Waals surface area (Å²) in [5.74, 6) is 0.889. The van der Waals surface area contributed by atoms with Crippen LogP contribution >= 0.6 is 0 Å². The van der Waals surface area contributed by atoms with Crippen molar-refractivity contribution < 1.29 is 9.59 Å². The fraction of sp³-hybridized carbons (Fsp3) is 0.524. The van der Waals surface area contributed by atoms with Gasteiger partial charge in [0.2, 0.25) is 11.8 Å². The second-order valence-electron chi connectivity index (χ2n) is 8.05. The first kappa shape index (κ1) is 19.6. The number of piperidine rings is 2. The number of carbonyl (C=O) groups is 2. The minimum Gasteiger partial charge on any atom is -0.369 e. The number of hydrogen-bond acceptors (Lipinski definition) is 5. The molecule has 0 atom stereocenters. The zero-order chi connectivity index (χ0) is 20.2. The molecule has 2 aromatic rings. The lowest BCUT2D eigenvalue weighted by Crippen LogP contribution is -2.46. The Bertz CT molecular complexity index is 819. The number of imidazole rings is 1. The Morgan fingerprint density at radius 3 is 2.34 bits per heavy atom. The maximum atomic E-state index is 12.8. The average molecular weight is 396 g/mol. The number of carbonyl (C=O) groups excluding carboxylic acids is 2. The molecule has 0 spiro atoms. The fourth-order valence-electron chi connectivity index (χ4n) is 4.30. The van der Waals surface area contributed by atoms with Gasteiger partial charge in [-0.1, -0.05) is 6.07 Å². The maximum Gasteiger partial charge on any atom is 0.225 e. The van der Waals surface area contributed by atoms with E-state index in [2.05, 4.69) is 20.9 Å². The standard InChI is InChI=1S/C21H28N6O2/c22-20(28)17-5-10-26(11-6-17)21(29)18-3-8-25(9-4-18)14-16-1-2-19(24-13-16)27-12-7-23-15-27/h1-2,7,12-13,15,17-18H,3-6,8-11,14H2,(H2,22,28). The van der Waals surface area contributed by atoms with Gasteiger partial charge in [0.05, 0.1) is 0 Å². The number of likely N-dealkylation sites (tertiary alicyclic amines) is 2. The Hall–Kier alpha value is -2.74. The van der Waals surface area contributed by atoms with Crippen LogP contribution in [0.3, 0.4) is 0 Å². The Morgan fingerprint density at radius 1 is 1.03 bits per heavy atom. The van der Waals surface area contributed by atoms with Crippen LogP contribution in [0, 0.1) is 11.8 Å². The molecular formula is C21H28N6O2. The molecule has 29 heavy (non-hydrogen) atoms. The first-order chi connectivity index (χ1) is 14.1. The van der Waals surface area contributed by atoms with E-state index in [0.717, 1.165) is 38.3 Å². The van der Waals surface area contributed by atoms with E-state index >= 15 is 0 Å². The first-order valence-corrected chi connectivity index (χ1v) is 10.3. The van der Waals surface area contributed by atoms with Crippen LogP contribution in [0.15, 0.2) is 37.1 Å². The summed E-state index contributed by atoms with van der Waals surface area (Å²) in [5, 5.41) is 0. The van der Waals surface area contributed by atoms with E-state index in [1.807, 2.05) is 27.9 Å². The Labute approximate surface area is 170 Å². The third-order valence-corrected chi connectivity index (χ3v) is 6.13. The van der Waals surface area contributed by atoms with Crippen molar-refractivity contribution in [1.82, 2.24) is 24.3 Å². The minimum atomic E-state index is -0.238. The van der Waals surface area contributed by atoms with Crippen LogP contribution < -0.4 is 5.73 Å². The van der Waals surface area contributed by atoms with Gasteiger partial charge in [0, 0.05) is 50.1 Å². The highest BCUT2D eigenvalue weighted by molar-refractivity contribution is 5.80. The van der Waals surface area contributed by atoms with Crippen molar-refractivity contribution in [2.24, 2.45) is 17.6 Å². The summed E-state index contributed by atoms with van der Waals surface area (Å²) in [7, 11) is 0. The van der Waals surface area contributed by atoms with Crippen molar-refractivity contribution in [1.29, 1.82) is 0 Å². The third kappa shape index (κ3) is 4.64. The lowest BCUT2D eigenvalue weighted by Gasteiger charge is -2.36. The predicted molar refractivity (Wildman–Crippen MR) is 108 cm³/mol. The molecule has 0 aromatic carbocycles.